The topological polar surface area (TPSA) is 95.0 Å². The smallest absolute Gasteiger partial charge is 0.394 e. The number of hydrogen-bond acceptors (Lipinski definition) is 4. The number of alkyl halides is 3. The molecule has 2 rings (SSSR count). The molecule has 0 spiro atoms. The monoisotopic (exact) mass is 394 g/mol. The van der Waals surface area contributed by atoms with E-state index in [4.69, 9.17) is 5.11 Å². The predicted octanol–water partition coefficient (Wildman–Crippen LogP) is 1.03. The Kier molecular flexibility index (Phi) is 5.61. The zero-order valence-electron chi connectivity index (χ0n) is 13.7. The second-order valence-corrected chi connectivity index (χ2v) is 8.01. The number of aliphatic carboxylic acids is 1. The van der Waals surface area contributed by atoms with Crippen molar-refractivity contribution in [3.63, 3.8) is 0 Å². The summed E-state index contributed by atoms with van der Waals surface area (Å²) in [6.07, 6.45) is -4.76. The standard InChI is InChI=1S/C15H17F3N2O5S/c1-19(26(24,25)10-5-3-2-4-6-10)9-13(21)20-7-11(14(22)23)12(8-20)15(16,17)18/h2-6,11-12H,7-9H2,1H3,(H,22,23)/t11-,12-/m1/s1. The number of carboxylic acids is 1. The van der Waals surface area contributed by atoms with Gasteiger partial charge in [-0.3, -0.25) is 9.59 Å². The third-order valence-corrected chi connectivity index (χ3v) is 6.04. The molecule has 1 aliphatic rings. The molecule has 26 heavy (non-hydrogen) atoms. The van der Waals surface area contributed by atoms with Gasteiger partial charge in [0.05, 0.1) is 23.3 Å². The third-order valence-electron chi connectivity index (χ3n) is 4.22. The maximum Gasteiger partial charge on any atom is 0.394 e. The highest BCUT2D eigenvalue weighted by Crippen LogP contribution is 2.37. The Bertz CT molecular complexity index is 782. The number of hydrogen-bond donors (Lipinski definition) is 1. The van der Waals surface area contributed by atoms with Crippen LogP contribution in [0.3, 0.4) is 0 Å². The van der Waals surface area contributed by atoms with E-state index in [0.717, 1.165) is 16.3 Å². The molecule has 1 aromatic rings. The van der Waals surface area contributed by atoms with Crippen LogP contribution >= 0.6 is 0 Å². The van der Waals surface area contributed by atoms with E-state index in [2.05, 4.69) is 0 Å². The fourth-order valence-corrected chi connectivity index (χ4v) is 3.88. The fourth-order valence-electron chi connectivity index (χ4n) is 2.74. The zero-order chi connectivity index (χ0) is 19.7. The number of halogens is 3. The quantitative estimate of drug-likeness (QED) is 0.805. The molecule has 1 fully saturated rings. The first-order valence-electron chi connectivity index (χ1n) is 7.53. The number of carbonyl (C=O) groups is 2. The van der Waals surface area contributed by atoms with Crippen LogP contribution in [0, 0.1) is 11.8 Å². The Morgan fingerprint density at radius 3 is 2.27 bits per heavy atom. The number of rotatable bonds is 5. The van der Waals surface area contributed by atoms with Gasteiger partial charge in [0.2, 0.25) is 15.9 Å². The summed E-state index contributed by atoms with van der Waals surface area (Å²) in [6.45, 7) is -2.11. The zero-order valence-corrected chi connectivity index (χ0v) is 14.5. The van der Waals surface area contributed by atoms with Crippen molar-refractivity contribution in [2.24, 2.45) is 11.8 Å². The SMILES string of the molecule is CN(CC(=O)N1C[C@@H](C(F)(F)F)[C@H](C(=O)O)C1)S(=O)(=O)c1ccccc1. The summed E-state index contributed by atoms with van der Waals surface area (Å²) in [5.74, 6) is -6.48. The molecule has 2 atom stereocenters. The molecule has 1 amide bonds. The number of sulfonamides is 1. The maximum atomic E-state index is 13.0. The van der Waals surface area contributed by atoms with Gasteiger partial charge in [-0.1, -0.05) is 18.2 Å². The Morgan fingerprint density at radius 1 is 1.23 bits per heavy atom. The van der Waals surface area contributed by atoms with Crippen LogP contribution < -0.4 is 0 Å². The third kappa shape index (κ3) is 4.15. The number of carboxylic acid groups (broad SMARTS) is 1. The van der Waals surface area contributed by atoms with Gasteiger partial charge < -0.3 is 10.0 Å². The summed E-state index contributed by atoms with van der Waals surface area (Å²) in [6, 6.07) is 7.25. The molecule has 11 heteroatoms. The fraction of sp³-hybridized carbons (Fsp3) is 0.467. The first-order valence-corrected chi connectivity index (χ1v) is 8.97. The van der Waals surface area contributed by atoms with Gasteiger partial charge in [0.25, 0.3) is 0 Å². The average Bonchev–Trinajstić information content (AvgIpc) is 3.01. The highest BCUT2D eigenvalue weighted by Gasteiger charge is 2.53. The van der Waals surface area contributed by atoms with Crippen LogP contribution in [-0.2, 0) is 19.6 Å². The van der Waals surface area contributed by atoms with Gasteiger partial charge in [-0.25, -0.2) is 8.42 Å². The van der Waals surface area contributed by atoms with Gasteiger partial charge in [0.15, 0.2) is 0 Å². The molecule has 0 bridgehead atoms. The van der Waals surface area contributed by atoms with Gasteiger partial charge >= 0.3 is 12.1 Å². The summed E-state index contributed by atoms with van der Waals surface area (Å²) < 4.78 is 64.4. The molecule has 0 aliphatic carbocycles. The highest BCUT2D eigenvalue weighted by atomic mass is 32.2. The Labute approximate surface area is 148 Å². The van der Waals surface area contributed by atoms with E-state index in [1.807, 2.05) is 0 Å². The second-order valence-electron chi connectivity index (χ2n) is 5.97. The minimum Gasteiger partial charge on any atom is -0.481 e. The molecule has 144 valence electrons. The van der Waals surface area contributed by atoms with Crippen molar-refractivity contribution in [3.8, 4) is 0 Å². The van der Waals surface area contributed by atoms with Gasteiger partial charge in [0.1, 0.15) is 0 Å². The molecule has 0 unspecified atom stereocenters. The van der Waals surface area contributed by atoms with Gasteiger partial charge in [-0.15, -0.1) is 0 Å². The molecule has 1 heterocycles. The minimum absolute atomic E-state index is 0.0618. The summed E-state index contributed by atoms with van der Waals surface area (Å²) in [5.41, 5.74) is 0. The average molecular weight is 394 g/mol. The lowest BCUT2D eigenvalue weighted by Gasteiger charge is -2.22. The van der Waals surface area contributed by atoms with Crippen LogP contribution in [0.2, 0.25) is 0 Å². The number of likely N-dealkylation sites (tertiary alicyclic amines) is 1. The normalized spacial score (nSPS) is 21.2. The summed E-state index contributed by atoms with van der Waals surface area (Å²) >= 11 is 0. The van der Waals surface area contributed by atoms with E-state index in [0.29, 0.717) is 0 Å². The number of likely N-dealkylation sites (N-methyl/N-ethyl adjacent to an activating group) is 1. The summed E-state index contributed by atoms with van der Waals surface area (Å²) in [7, 11) is -2.86. The van der Waals surface area contributed by atoms with Crippen LogP contribution in [-0.4, -0.2) is 67.5 Å². The Hall–Kier alpha value is -2.14. The lowest BCUT2D eigenvalue weighted by molar-refractivity contribution is -0.188. The lowest BCUT2D eigenvalue weighted by atomic mass is 9.96. The second kappa shape index (κ2) is 7.23. The molecular formula is C15H17F3N2O5S. The summed E-state index contributed by atoms with van der Waals surface area (Å²) in [5, 5.41) is 8.96. The largest absolute Gasteiger partial charge is 0.481 e. The maximum absolute atomic E-state index is 13.0. The van der Waals surface area contributed by atoms with Crippen molar-refractivity contribution in [3.05, 3.63) is 30.3 Å². The number of amides is 1. The first-order chi connectivity index (χ1) is 11.9. The molecule has 0 radical (unpaired) electrons. The van der Waals surface area contributed by atoms with Crippen LogP contribution in [0.5, 0.6) is 0 Å². The van der Waals surface area contributed by atoms with Crippen molar-refractivity contribution in [2.75, 3.05) is 26.7 Å². The Balaban J connectivity index is 2.11. The van der Waals surface area contributed by atoms with E-state index < -0.39 is 59.5 Å². The number of carbonyl (C=O) groups excluding carboxylic acids is 1. The van der Waals surface area contributed by atoms with E-state index in [1.165, 1.54) is 24.3 Å². The van der Waals surface area contributed by atoms with Crippen molar-refractivity contribution < 1.29 is 36.3 Å². The molecule has 7 nitrogen and oxygen atoms in total. The molecule has 1 N–H and O–H groups in total. The lowest BCUT2D eigenvalue weighted by Crippen LogP contribution is -2.40. The minimum atomic E-state index is -4.76. The van der Waals surface area contributed by atoms with Gasteiger partial charge in [-0.2, -0.15) is 17.5 Å². The highest BCUT2D eigenvalue weighted by molar-refractivity contribution is 7.89. The predicted molar refractivity (Wildman–Crippen MR) is 83.5 cm³/mol. The Morgan fingerprint density at radius 2 is 1.81 bits per heavy atom. The van der Waals surface area contributed by atoms with Crippen molar-refractivity contribution in [2.45, 2.75) is 11.1 Å². The molecular weight excluding hydrogens is 377 g/mol. The van der Waals surface area contributed by atoms with E-state index in [1.54, 1.807) is 6.07 Å². The van der Waals surface area contributed by atoms with E-state index >= 15 is 0 Å². The van der Waals surface area contributed by atoms with Crippen molar-refractivity contribution >= 4 is 21.9 Å². The molecule has 1 saturated heterocycles. The summed E-state index contributed by atoms with van der Waals surface area (Å²) in [4.78, 5) is 24.0. The number of nitrogens with zero attached hydrogens (tertiary/aromatic N) is 2. The van der Waals surface area contributed by atoms with Crippen LogP contribution in [0.1, 0.15) is 0 Å². The molecule has 1 aliphatic heterocycles. The van der Waals surface area contributed by atoms with Crippen LogP contribution in [0.15, 0.2) is 35.2 Å². The first kappa shape index (κ1) is 20.2. The molecule has 0 aromatic heterocycles. The van der Waals surface area contributed by atoms with Gasteiger partial charge in [0, 0.05) is 20.1 Å². The van der Waals surface area contributed by atoms with E-state index in [9.17, 15) is 31.2 Å². The number of benzene rings is 1. The van der Waals surface area contributed by atoms with Crippen LogP contribution in [0.25, 0.3) is 0 Å². The molecule has 0 saturated carbocycles. The molecule has 1 aromatic carbocycles. The van der Waals surface area contributed by atoms with Gasteiger partial charge in [-0.05, 0) is 12.1 Å². The van der Waals surface area contributed by atoms with Crippen molar-refractivity contribution in [1.82, 2.24) is 9.21 Å². The van der Waals surface area contributed by atoms with Crippen LogP contribution in [0.4, 0.5) is 13.2 Å². The van der Waals surface area contributed by atoms with E-state index in [-0.39, 0.29) is 4.90 Å². The van der Waals surface area contributed by atoms with Crippen molar-refractivity contribution in [1.29, 1.82) is 0 Å².